The maximum atomic E-state index is 12.2. The van der Waals surface area contributed by atoms with Crippen LogP contribution in [0, 0.1) is 5.92 Å². The Morgan fingerprint density at radius 3 is 2.27 bits per heavy atom. The number of carbonyl (C=O) groups is 4. The van der Waals surface area contributed by atoms with E-state index in [4.69, 9.17) is 23.2 Å². The van der Waals surface area contributed by atoms with Gasteiger partial charge < -0.3 is 5.32 Å². The Kier molecular flexibility index (Phi) is 6.26. The Labute approximate surface area is 161 Å². The fourth-order valence-electron chi connectivity index (χ4n) is 2.58. The normalized spacial score (nSPS) is 15.8. The number of imide groups is 2. The van der Waals surface area contributed by atoms with Gasteiger partial charge in [0, 0.05) is 16.6 Å². The molecule has 1 N–H and O–H groups in total. The van der Waals surface area contributed by atoms with E-state index < -0.39 is 36.3 Å². The van der Waals surface area contributed by atoms with E-state index in [2.05, 4.69) is 5.32 Å². The molecule has 5 amide bonds. The molecule has 0 aromatic heterocycles. The number of nitrogens with zero attached hydrogens (tertiary/aromatic N) is 2. The van der Waals surface area contributed by atoms with Crippen molar-refractivity contribution in [3.8, 4) is 0 Å². The smallest absolute Gasteiger partial charge is 0.334 e. The van der Waals surface area contributed by atoms with Crippen LogP contribution in [0.1, 0.15) is 32.4 Å². The first kappa shape index (κ1) is 20.2. The molecule has 1 aliphatic rings. The average molecular weight is 400 g/mol. The van der Waals surface area contributed by atoms with Gasteiger partial charge in [0.1, 0.15) is 6.54 Å². The van der Waals surface area contributed by atoms with E-state index in [1.54, 1.807) is 25.1 Å². The van der Waals surface area contributed by atoms with Crippen LogP contribution in [0.2, 0.25) is 10.0 Å². The van der Waals surface area contributed by atoms with E-state index in [0.29, 0.717) is 20.5 Å². The lowest BCUT2D eigenvalue weighted by Crippen LogP contribution is -2.42. The minimum Gasteiger partial charge on any atom is -0.348 e. The van der Waals surface area contributed by atoms with Crippen LogP contribution in [0.25, 0.3) is 0 Å². The minimum absolute atomic E-state index is 0.0107. The molecule has 26 heavy (non-hydrogen) atoms. The van der Waals surface area contributed by atoms with Crippen LogP contribution in [0.4, 0.5) is 4.79 Å². The number of hydrogen-bond donors (Lipinski definition) is 1. The Morgan fingerprint density at radius 2 is 1.69 bits per heavy atom. The topological polar surface area (TPSA) is 86.8 Å². The molecule has 2 rings (SSSR count). The molecule has 1 saturated heterocycles. The first-order valence-electron chi connectivity index (χ1n) is 8.03. The molecule has 0 radical (unpaired) electrons. The van der Waals surface area contributed by atoms with Crippen LogP contribution < -0.4 is 5.32 Å². The van der Waals surface area contributed by atoms with Gasteiger partial charge in [-0.25, -0.2) is 9.69 Å². The molecule has 1 fully saturated rings. The standard InChI is InChI=1S/C17H19Cl2N3O4/c1-9(2)7-21-15(24)16(25)22(17(21)26)8-14(23)20-10(3)12-5-4-11(18)6-13(12)19/h4-6,9-10H,7-8H2,1-3H3,(H,20,23). The molecule has 140 valence electrons. The van der Waals surface area contributed by atoms with Crippen LogP contribution in [0.3, 0.4) is 0 Å². The predicted octanol–water partition coefficient (Wildman–Crippen LogP) is 2.62. The number of nitrogens with one attached hydrogen (secondary N) is 1. The number of halogens is 2. The second-order valence-electron chi connectivity index (χ2n) is 6.44. The average Bonchev–Trinajstić information content (AvgIpc) is 2.72. The summed E-state index contributed by atoms with van der Waals surface area (Å²) in [4.78, 5) is 49.9. The fraction of sp³-hybridized carbons (Fsp3) is 0.412. The summed E-state index contributed by atoms with van der Waals surface area (Å²) >= 11 is 12.0. The lowest BCUT2D eigenvalue weighted by Gasteiger charge is -2.19. The van der Waals surface area contributed by atoms with Gasteiger partial charge in [0.15, 0.2) is 0 Å². The van der Waals surface area contributed by atoms with E-state index in [1.807, 2.05) is 13.8 Å². The van der Waals surface area contributed by atoms with Crippen LogP contribution in [-0.2, 0) is 14.4 Å². The number of carbonyl (C=O) groups excluding carboxylic acids is 4. The van der Waals surface area contributed by atoms with Crippen molar-refractivity contribution in [1.29, 1.82) is 0 Å². The van der Waals surface area contributed by atoms with E-state index >= 15 is 0 Å². The van der Waals surface area contributed by atoms with E-state index in [1.165, 1.54) is 0 Å². The molecular weight excluding hydrogens is 381 g/mol. The molecule has 0 spiro atoms. The molecule has 1 aliphatic heterocycles. The van der Waals surface area contributed by atoms with Crippen molar-refractivity contribution in [3.05, 3.63) is 33.8 Å². The van der Waals surface area contributed by atoms with Crippen molar-refractivity contribution in [2.24, 2.45) is 5.92 Å². The highest BCUT2D eigenvalue weighted by atomic mass is 35.5. The third kappa shape index (κ3) is 4.34. The lowest BCUT2D eigenvalue weighted by molar-refractivity contribution is -0.144. The van der Waals surface area contributed by atoms with Crippen LogP contribution >= 0.6 is 23.2 Å². The first-order chi connectivity index (χ1) is 12.1. The van der Waals surface area contributed by atoms with Gasteiger partial charge in [-0.3, -0.25) is 19.3 Å². The Balaban J connectivity index is 2.04. The van der Waals surface area contributed by atoms with Crippen molar-refractivity contribution in [1.82, 2.24) is 15.1 Å². The zero-order chi connectivity index (χ0) is 19.6. The SMILES string of the molecule is CC(C)CN1C(=O)C(=O)N(CC(=O)NC(C)c2ccc(Cl)cc2Cl)C1=O. The number of rotatable bonds is 6. The first-order valence-corrected chi connectivity index (χ1v) is 8.79. The summed E-state index contributed by atoms with van der Waals surface area (Å²) in [5, 5.41) is 3.51. The molecule has 0 bridgehead atoms. The molecule has 0 aliphatic carbocycles. The maximum Gasteiger partial charge on any atom is 0.334 e. The summed E-state index contributed by atoms with van der Waals surface area (Å²) in [6.45, 7) is 4.93. The Bertz CT molecular complexity index is 766. The largest absolute Gasteiger partial charge is 0.348 e. The van der Waals surface area contributed by atoms with Crippen molar-refractivity contribution in [2.45, 2.75) is 26.8 Å². The van der Waals surface area contributed by atoms with Crippen molar-refractivity contribution in [2.75, 3.05) is 13.1 Å². The summed E-state index contributed by atoms with van der Waals surface area (Å²) < 4.78 is 0. The van der Waals surface area contributed by atoms with Gasteiger partial charge >= 0.3 is 17.8 Å². The van der Waals surface area contributed by atoms with Gasteiger partial charge in [-0.1, -0.05) is 43.1 Å². The fourth-order valence-corrected chi connectivity index (χ4v) is 3.15. The molecule has 1 unspecified atom stereocenters. The van der Waals surface area contributed by atoms with Crippen LogP contribution in [0.15, 0.2) is 18.2 Å². The monoisotopic (exact) mass is 399 g/mol. The lowest BCUT2D eigenvalue weighted by atomic mass is 10.1. The zero-order valence-corrected chi connectivity index (χ0v) is 16.1. The van der Waals surface area contributed by atoms with Crippen LogP contribution in [-0.4, -0.2) is 46.6 Å². The Hall–Kier alpha value is -2.12. The maximum absolute atomic E-state index is 12.2. The van der Waals surface area contributed by atoms with Gasteiger partial charge in [-0.05, 0) is 30.5 Å². The van der Waals surface area contributed by atoms with E-state index in [9.17, 15) is 19.2 Å². The predicted molar refractivity (Wildman–Crippen MR) is 96.7 cm³/mol. The summed E-state index contributed by atoms with van der Waals surface area (Å²) in [5.74, 6) is -2.48. The molecule has 0 saturated carbocycles. The molecule has 7 nitrogen and oxygen atoms in total. The molecule has 1 atom stereocenters. The highest BCUT2D eigenvalue weighted by Gasteiger charge is 2.45. The number of hydrogen-bond acceptors (Lipinski definition) is 4. The quantitative estimate of drug-likeness (QED) is 0.588. The molecular formula is C17H19Cl2N3O4. The third-order valence-electron chi connectivity index (χ3n) is 3.79. The summed E-state index contributed by atoms with van der Waals surface area (Å²) in [5.41, 5.74) is 0.640. The minimum atomic E-state index is -0.997. The van der Waals surface area contributed by atoms with Gasteiger partial charge in [0.05, 0.1) is 6.04 Å². The molecule has 1 heterocycles. The van der Waals surface area contributed by atoms with Crippen molar-refractivity contribution in [3.63, 3.8) is 0 Å². The molecule has 1 aromatic carbocycles. The van der Waals surface area contributed by atoms with Crippen molar-refractivity contribution >= 4 is 47.0 Å². The zero-order valence-electron chi connectivity index (χ0n) is 14.6. The third-order valence-corrected chi connectivity index (χ3v) is 4.35. The molecule has 1 aromatic rings. The summed E-state index contributed by atoms with van der Waals surface area (Å²) in [6.07, 6.45) is 0. The second-order valence-corrected chi connectivity index (χ2v) is 7.28. The number of benzene rings is 1. The van der Waals surface area contributed by atoms with Gasteiger partial charge in [-0.15, -0.1) is 0 Å². The van der Waals surface area contributed by atoms with Gasteiger partial charge in [-0.2, -0.15) is 0 Å². The number of urea groups is 1. The highest BCUT2D eigenvalue weighted by molar-refractivity contribution is 6.45. The van der Waals surface area contributed by atoms with Gasteiger partial charge in [0.2, 0.25) is 5.91 Å². The van der Waals surface area contributed by atoms with E-state index in [-0.39, 0.29) is 12.5 Å². The highest BCUT2D eigenvalue weighted by Crippen LogP contribution is 2.26. The summed E-state index contributed by atoms with van der Waals surface area (Å²) in [7, 11) is 0. The second kappa shape index (κ2) is 8.05. The summed E-state index contributed by atoms with van der Waals surface area (Å²) in [6, 6.07) is 3.62. The van der Waals surface area contributed by atoms with E-state index in [0.717, 1.165) is 4.90 Å². The Morgan fingerprint density at radius 1 is 1.08 bits per heavy atom. The number of amides is 5. The van der Waals surface area contributed by atoms with Gasteiger partial charge in [0.25, 0.3) is 0 Å². The van der Waals surface area contributed by atoms with Crippen molar-refractivity contribution < 1.29 is 19.2 Å². The van der Waals surface area contributed by atoms with Crippen LogP contribution in [0.5, 0.6) is 0 Å². The molecule has 9 heteroatoms.